The van der Waals surface area contributed by atoms with E-state index >= 15 is 0 Å². The Bertz CT molecular complexity index is 913. The highest BCUT2D eigenvalue weighted by Crippen LogP contribution is 2.43. The molecule has 32 heavy (non-hydrogen) atoms. The van der Waals surface area contributed by atoms with Crippen molar-refractivity contribution in [2.75, 3.05) is 30.7 Å². The van der Waals surface area contributed by atoms with Crippen molar-refractivity contribution in [3.05, 3.63) is 64.2 Å². The number of benzene rings is 2. The SMILES string of the molecule is C=C1c2c(C)ccc(C)c2C(=O)c2c(NCCNCCC)ccc(N)c21.CCC.CCC. The van der Waals surface area contributed by atoms with E-state index in [1.807, 2.05) is 38.1 Å². The average molecular weight is 438 g/mol. The molecule has 4 heteroatoms. The van der Waals surface area contributed by atoms with Gasteiger partial charge in [-0.3, -0.25) is 4.79 Å². The van der Waals surface area contributed by atoms with Crippen LogP contribution in [-0.4, -0.2) is 25.4 Å². The number of ketones is 1. The molecule has 0 amide bonds. The normalized spacial score (nSPS) is 11.5. The lowest BCUT2D eigenvalue weighted by molar-refractivity contribution is 0.103. The van der Waals surface area contributed by atoms with Crippen LogP contribution in [0.15, 0.2) is 30.8 Å². The molecule has 0 atom stereocenters. The molecular weight excluding hydrogens is 394 g/mol. The summed E-state index contributed by atoms with van der Waals surface area (Å²) in [5.41, 5.74) is 13.6. The standard InChI is InChI=1S/C22H27N3O.2C3H8/c1-5-10-24-11-12-25-17-9-8-16(23)20-15(4)18-13(2)6-7-14(3)19(18)22(26)21(17)20;2*1-3-2/h6-9,24-25H,4-5,10-12,23H2,1-3H3;2*3H2,1-2H3. The number of carbonyl (C=O) groups excluding carboxylic acids is 1. The Labute approximate surface area is 195 Å². The van der Waals surface area contributed by atoms with Gasteiger partial charge < -0.3 is 16.4 Å². The Morgan fingerprint density at radius 2 is 1.34 bits per heavy atom. The highest BCUT2D eigenvalue weighted by Gasteiger charge is 2.32. The molecule has 0 radical (unpaired) electrons. The molecule has 0 heterocycles. The lowest BCUT2D eigenvalue weighted by atomic mass is 9.77. The largest absolute Gasteiger partial charge is 0.398 e. The van der Waals surface area contributed by atoms with Crippen LogP contribution in [0.1, 0.15) is 92.1 Å². The van der Waals surface area contributed by atoms with Crippen LogP contribution in [0.3, 0.4) is 0 Å². The number of nitrogens with two attached hydrogens (primary N) is 1. The van der Waals surface area contributed by atoms with E-state index < -0.39 is 0 Å². The van der Waals surface area contributed by atoms with Crippen LogP contribution >= 0.6 is 0 Å². The first-order chi connectivity index (χ1) is 15.3. The number of hydrogen-bond acceptors (Lipinski definition) is 4. The summed E-state index contributed by atoms with van der Waals surface area (Å²) in [7, 11) is 0. The average Bonchev–Trinajstić information content (AvgIpc) is 2.75. The molecule has 0 bridgehead atoms. The molecule has 0 aliphatic heterocycles. The molecule has 0 fully saturated rings. The van der Waals surface area contributed by atoms with Gasteiger partial charge in [-0.2, -0.15) is 0 Å². The summed E-state index contributed by atoms with van der Waals surface area (Å²) in [4.78, 5) is 13.4. The smallest absolute Gasteiger partial charge is 0.196 e. The van der Waals surface area contributed by atoms with Crippen molar-refractivity contribution >= 4 is 22.7 Å². The van der Waals surface area contributed by atoms with E-state index in [4.69, 9.17) is 5.73 Å². The number of hydrogen-bond donors (Lipinski definition) is 3. The summed E-state index contributed by atoms with van der Waals surface area (Å²) in [6.07, 6.45) is 3.60. The van der Waals surface area contributed by atoms with Gasteiger partial charge in [0.15, 0.2) is 5.78 Å². The van der Waals surface area contributed by atoms with Crippen molar-refractivity contribution < 1.29 is 4.79 Å². The molecule has 1 aliphatic rings. The number of rotatable bonds is 6. The maximum Gasteiger partial charge on any atom is 0.196 e. The van der Waals surface area contributed by atoms with Gasteiger partial charge in [0.2, 0.25) is 0 Å². The molecule has 0 unspecified atom stereocenters. The molecule has 4 nitrogen and oxygen atoms in total. The van der Waals surface area contributed by atoms with Gasteiger partial charge in [0.1, 0.15) is 0 Å². The first kappa shape index (κ1) is 27.4. The first-order valence-corrected chi connectivity index (χ1v) is 12.0. The van der Waals surface area contributed by atoms with Gasteiger partial charge >= 0.3 is 0 Å². The quantitative estimate of drug-likeness (QED) is 0.295. The maximum absolute atomic E-state index is 13.4. The van der Waals surface area contributed by atoms with E-state index in [0.29, 0.717) is 11.3 Å². The highest BCUT2D eigenvalue weighted by atomic mass is 16.1. The molecule has 176 valence electrons. The van der Waals surface area contributed by atoms with Gasteiger partial charge in [-0.05, 0) is 61.2 Å². The zero-order valence-electron chi connectivity index (χ0n) is 21.2. The number of nitrogens with one attached hydrogen (secondary N) is 2. The second-order valence-electron chi connectivity index (χ2n) is 8.30. The number of nitrogen functional groups attached to an aromatic ring is 1. The first-order valence-electron chi connectivity index (χ1n) is 12.0. The minimum absolute atomic E-state index is 0.0277. The molecule has 0 saturated heterocycles. The third-order valence-electron chi connectivity index (χ3n) is 4.96. The topological polar surface area (TPSA) is 67.2 Å². The van der Waals surface area contributed by atoms with Crippen LogP contribution in [0, 0.1) is 13.8 Å². The fourth-order valence-corrected chi connectivity index (χ4v) is 3.66. The number of anilines is 2. The molecule has 4 N–H and O–H groups in total. The van der Waals surface area contributed by atoms with Crippen molar-refractivity contribution in [1.82, 2.24) is 5.32 Å². The second kappa shape index (κ2) is 13.7. The fourth-order valence-electron chi connectivity index (χ4n) is 3.66. The monoisotopic (exact) mass is 437 g/mol. The van der Waals surface area contributed by atoms with Crippen molar-refractivity contribution in [3.63, 3.8) is 0 Å². The molecule has 1 aliphatic carbocycles. The van der Waals surface area contributed by atoms with Crippen LogP contribution < -0.4 is 16.4 Å². The zero-order chi connectivity index (χ0) is 24.3. The van der Waals surface area contributed by atoms with E-state index in [0.717, 1.165) is 65.1 Å². The summed E-state index contributed by atoms with van der Waals surface area (Å²) in [6, 6.07) is 7.79. The molecule has 0 spiro atoms. The van der Waals surface area contributed by atoms with Crippen LogP contribution in [-0.2, 0) is 0 Å². The molecule has 2 aromatic carbocycles. The van der Waals surface area contributed by atoms with Crippen molar-refractivity contribution in [2.45, 2.75) is 67.7 Å². The maximum atomic E-state index is 13.4. The summed E-state index contributed by atoms with van der Waals surface area (Å²) >= 11 is 0. The van der Waals surface area contributed by atoms with Gasteiger partial charge in [0.25, 0.3) is 0 Å². The van der Waals surface area contributed by atoms with E-state index in [-0.39, 0.29) is 5.78 Å². The van der Waals surface area contributed by atoms with Gasteiger partial charge in [0, 0.05) is 35.6 Å². The van der Waals surface area contributed by atoms with Crippen molar-refractivity contribution in [1.29, 1.82) is 0 Å². The van der Waals surface area contributed by atoms with Crippen molar-refractivity contribution in [3.8, 4) is 0 Å². The predicted molar refractivity (Wildman–Crippen MR) is 142 cm³/mol. The molecule has 2 aromatic rings. The van der Waals surface area contributed by atoms with Gasteiger partial charge in [0.05, 0.1) is 5.56 Å². The number of fused-ring (bicyclic) bond motifs is 2. The predicted octanol–water partition coefficient (Wildman–Crippen LogP) is 6.74. The summed E-state index contributed by atoms with van der Waals surface area (Å²) in [6.45, 7) is 21.5. The zero-order valence-corrected chi connectivity index (χ0v) is 21.2. The Hall–Kier alpha value is -2.59. The van der Waals surface area contributed by atoms with E-state index in [2.05, 4.69) is 51.8 Å². The van der Waals surface area contributed by atoms with Gasteiger partial charge in [-0.1, -0.05) is 66.2 Å². The molecule has 0 saturated carbocycles. The summed E-state index contributed by atoms with van der Waals surface area (Å²) in [5, 5.41) is 6.75. The molecule has 3 rings (SSSR count). The lowest BCUT2D eigenvalue weighted by Crippen LogP contribution is -2.25. The minimum atomic E-state index is 0.0277. The van der Waals surface area contributed by atoms with E-state index in [1.54, 1.807) is 0 Å². The third-order valence-corrected chi connectivity index (χ3v) is 4.96. The molecular formula is C28H43N3O. The summed E-state index contributed by atoms with van der Waals surface area (Å²) in [5.74, 6) is 0.0277. The van der Waals surface area contributed by atoms with Crippen LogP contribution in [0.25, 0.3) is 5.57 Å². The van der Waals surface area contributed by atoms with Crippen molar-refractivity contribution in [2.24, 2.45) is 0 Å². The molecule has 0 aromatic heterocycles. The van der Waals surface area contributed by atoms with Crippen LogP contribution in [0.5, 0.6) is 0 Å². The van der Waals surface area contributed by atoms with Crippen LogP contribution in [0.4, 0.5) is 11.4 Å². The number of carbonyl (C=O) groups is 1. The Morgan fingerprint density at radius 1 is 0.781 bits per heavy atom. The minimum Gasteiger partial charge on any atom is -0.398 e. The lowest BCUT2D eigenvalue weighted by Gasteiger charge is -2.27. The Balaban J connectivity index is 0.000000769. The number of aryl methyl sites for hydroxylation is 2. The Morgan fingerprint density at radius 3 is 1.91 bits per heavy atom. The van der Waals surface area contributed by atoms with Gasteiger partial charge in [-0.25, -0.2) is 0 Å². The highest BCUT2D eigenvalue weighted by molar-refractivity contribution is 6.23. The Kier molecular flexibility index (Phi) is 11.8. The third kappa shape index (κ3) is 6.46. The van der Waals surface area contributed by atoms with Crippen LogP contribution in [0.2, 0.25) is 0 Å². The second-order valence-corrected chi connectivity index (χ2v) is 8.30. The summed E-state index contributed by atoms with van der Waals surface area (Å²) < 4.78 is 0. The van der Waals surface area contributed by atoms with E-state index in [1.165, 1.54) is 12.8 Å². The fraction of sp³-hybridized carbons (Fsp3) is 0.464. The van der Waals surface area contributed by atoms with Gasteiger partial charge in [-0.15, -0.1) is 0 Å². The van der Waals surface area contributed by atoms with E-state index in [9.17, 15) is 4.79 Å².